The SMILES string of the molecule is BNCCCCC(C=O)NB. The number of hydrogen-bond donors (Lipinski definition) is 2. The number of hydrogen-bond acceptors (Lipinski definition) is 3. The van der Waals surface area contributed by atoms with Crippen molar-refractivity contribution in [2.45, 2.75) is 25.3 Å². The summed E-state index contributed by atoms with van der Waals surface area (Å²) in [5.74, 6) is 0. The second-order valence-electron chi connectivity index (χ2n) is 2.63. The standard InChI is InChI=1S/C6H16B2N2O/c7-9-4-2-1-3-6(5-11)10-8/h5-6,9-10H,1-4,7-8H2. The Morgan fingerprint density at radius 3 is 2.55 bits per heavy atom. The normalized spacial score (nSPS) is 12.7. The zero-order valence-electron chi connectivity index (χ0n) is 7.39. The van der Waals surface area contributed by atoms with Crippen molar-refractivity contribution in [2.24, 2.45) is 0 Å². The molecule has 0 heterocycles. The van der Waals surface area contributed by atoms with Crippen LogP contribution in [0.5, 0.6) is 0 Å². The van der Waals surface area contributed by atoms with E-state index in [1.54, 1.807) is 0 Å². The van der Waals surface area contributed by atoms with Gasteiger partial charge in [-0.15, -0.1) is 0 Å². The first-order chi connectivity index (χ1) is 5.35. The van der Waals surface area contributed by atoms with Crippen molar-refractivity contribution in [3.63, 3.8) is 0 Å². The van der Waals surface area contributed by atoms with Crippen molar-refractivity contribution >= 4 is 22.2 Å². The van der Waals surface area contributed by atoms with Crippen molar-refractivity contribution in [1.82, 2.24) is 10.5 Å². The summed E-state index contributed by atoms with van der Waals surface area (Å²) in [6.45, 7) is 1.04. The molecule has 1 unspecified atom stereocenters. The maximum absolute atomic E-state index is 10.3. The molecule has 0 aromatic carbocycles. The molecule has 11 heavy (non-hydrogen) atoms. The molecule has 0 rings (SSSR count). The van der Waals surface area contributed by atoms with Gasteiger partial charge in [-0.05, 0) is 19.4 Å². The van der Waals surface area contributed by atoms with Crippen LogP contribution >= 0.6 is 0 Å². The summed E-state index contributed by atoms with van der Waals surface area (Å²) >= 11 is 0. The Balaban J connectivity index is 3.14. The highest BCUT2D eigenvalue weighted by atomic mass is 16.1. The van der Waals surface area contributed by atoms with E-state index in [0.29, 0.717) is 0 Å². The fourth-order valence-electron chi connectivity index (χ4n) is 0.946. The molecule has 0 aromatic rings. The second-order valence-corrected chi connectivity index (χ2v) is 2.63. The molecule has 0 aliphatic heterocycles. The average molecular weight is 154 g/mol. The molecule has 2 N–H and O–H groups in total. The third kappa shape index (κ3) is 6.13. The van der Waals surface area contributed by atoms with Crippen LogP contribution in [0.3, 0.4) is 0 Å². The molecule has 0 aliphatic rings. The first kappa shape index (κ1) is 10.7. The highest BCUT2D eigenvalue weighted by Crippen LogP contribution is 1.96. The lowest BCUT2D eigenvalue weighted by Gasteiger charge is -2.07. The lowest BCUT2D eigenvalue weighted by atomic mass is 10.1. The smallest absolute Gasteiger partial charge is 0.182 e. The zero-order valence-corrected chi connectivity index (χ0v) is 7.39. The van der Waals surface area contributed by atoms with Crippen LogP contribution in [0.1, 0.15) is 19.3 Å². The summed E-state index contributed by atoms with van der Waals surface area (Å²) in [5.41, 5.74) is 0. The maximum Gasteiger partial charge on any atom is 0.182 e. The Kier molecular flexibility index (Phi) is 7.62. The lowest BCUT2D eigenvalue weighted by molar-refractivity contribution is -0.109. The molecule has 0 aromatic heterocycles. The highest BCUT2D eigenvalue weighted by molar-refractivity contribution is 6.05. The van der Waals surface area contributed by atoms with Gasteiger partial charge in [0.25, 0.3) is 0 Å². The van der Waals surface area contributed by atoms with Crippen LogP contribution in [-0.2, 0) is 4.79 Å². The quantitative estimate of drug-likeness (QED) is 0.253. The lowest BCUT2D eigenvalue weighted by Crippen LogP contribution is -2.27. The molecule has 0 saturated heterocycles. The Morgan fingerprint density at radius 2 is 2.09 bits per heavy atom. The van der Waals surface area contributed by atoms with Gasteiger partial charge in [0.15, 0.2) is 16.0 Å². The molecule has 62 valence electrons. The first-order valence-corrected chi connectivity index (χ1v) is 4.12. The zero-order chi connectivity index (χ0) is 8.53. The molecule has 1 atom stereocenters. The maximum atomic E-state index is 10.3. The van der Waals surface area contributed by atoms with Crippen LogP contribution in [0.2, 0.25) is 0 Å². The molecule has 0 fully saturated rings. The van der Waals surface area contributed by atoms with Gasteiger partial charge in [0.1, 0.15) is 6.29 Å². The summed E-state index contributed by atoms with van der Waals surface area (Å²) in [6.07, 6.45) is 4.16. The van der Waals surface area contributed by atoms with E-state index in [2.05, 4.69) is 10.5 Å². The second kappa shape index (κ2) is 7.82. The highest BCUT2D eigenvalue weighted by Gasteiger charge is 2.01. The summed E-state index contributed by atoms with van der Waals surface area (Å²) in [6, 6.07) is 0.0480. The van der Waals surface area contributed by atoms with Crippen LogP contribution in [0.15, 0.2) is 0 Å². The third-order valence-electron chi connectivity index (χ3n) is 1.73. The Morgan fingerprint density at radius 1 is 1.36 bits per heavy atom. The predicted octanol–water partition coefficient (Wildman–Crippen LogP) is -2.00. The van der Waals surface area contributed by atoms with Crippen LogP contribution < -0.4 is 10.5 Å². The molecular weight excluding hydrogens is 138 g/mol. The molecule has 0 saturated carbocycles. The van der Waals surface area contributed by atoms with Crippen LogP contribution in [-0.4, -0.2) is 34.8 Å². The topological polar surface area (TPSA) is 41.1 Å². The number of aldehydes is 1. The number of carbonyl (C=O) groups excluding carboxylic acids is 1. The summed E-state index contributed by atoms with van der Waals surface area (Å²) < 4.78 is 0. The van der Waals surface area contributed by atoms with Gasteiger partial charge in [-0.2, -0.15) is 0 Å². The van der Waals surface area contributed by atoms with Crippen molar-refractivity contribution in [2.75, 3.05) is 6.54 Å². The summed E-state index contributed by atoms with van der Waals surface area (Å²) in [7, 11) is 3.76. The number of rotatable bonds is 7. The van der Waals surface area contributed by atoms with E-state index in [9.17, 15) is 4.79 Å². The monoisotopic (exact) mass is 154 g/mol. The number of carbonyl (C=O) groups is 1. The minimum atomic E-state index is 0.0480. The van der Waals surface area contributed by atoms with Gasteiger partial charge in [-0.3, -0.25) is 0 Å². The molecule has 0 aliphatic carbocycles. The number of unbranched alkanes of at least 4 members (excludes halogenated alkanes) is 1. The summed E-state index contributed by atoms with van der Waals surface area (Å²) in [4.78, 5) is 10.3. The van der Waals surface area contributed by atoms with E-state index >= 15 is 0 Å². The van der Waals surface area contributed by atoms with Crippen LogP contribution in [0.25, 0.3) is 0 Å². The van der Waals surface area contributed by atoms with Crippen molar-refractivity contribution in [3.8, 4) is 0 Å². The third-order valence-corrected chi connectivity index (χ3v) is 1.73. The molecule has 0 spiro atoms. The van der Waals surface area contributed by atoms with Gasteiger partial charge >= 0.3 is 0 Å². The van der Waals surface area contributed by atoms with Gasteiger partial charge in [-0.1, -0.05) is 6.42 Å². The van der Waals surface area contributed by atoms with E-state index in [4.69, 9.17) is 0 Å². The Hall–Kier alpha value is -0.280. The fraction of sp³-hybridized carbons (Fsp3) is 0.833. The largest absolute Gasteiger partial charge is 0.362 e. The number of nitrogens with one attached hydrogen (secondary N) is 2. The van der Waals surface area contributed by atoms with Crippen molar-refractivity contribution < 1.29 is 4.79 Å². The van der Waals surface area contributed by atoms with E-state index < -0.39 is 0 Å². The molecule has 0 bridgehead atoms. The van der Waals surface area contributed by atoms with E-state index in [1.165, 1.54) is 0 Å². The van der Waals surface area contributed by atoms with Crippen molar-refractivity contribution in [3.05, 3.63) is 0 Å². The van der Waals surface area contributed by atoms with Gasteiger partial charge in [0, 0.05) is 0 Å². The molecule has 5 heteroatoms. The summed E-state index contributed by atoms with van der Waals surface area (Å²) in [5, 5.41) is 6.01. The Labute approximate surface area is 70.2 Å². The molecular formula is C6H16B2N2O. The predicted molar refractivity (Wildman–Crippen MR) is 51.9 cm³/mol. The van der Waals surface area contributed by atoms with Crippen LogP contribution in [0.4, 0.5) is 0 Å². The van der Waals surface area contributed by atoms with Crippen molar-refractivity contribution in [1.29, 1.82) is 0 Å². The Bertz CT molecular complexity index is 103. The molecule has 0 amide bonds. The minimum Gasteiger partial charge on any atom is -0.362 e. The van der Waals surface area contributed by atoms with Gasteiger partial charge in [-0.25, -0.2) is 0 Å². The molecule has 3 nitrogen and oxygen atoms in total. The first-order valence-electron chi connectivity index (χ1n) is 4.12. The van der Waals surface area contributed by atoms with Gasteiger partial charge in [0.2, 0.25) is 0 Å². The minimum absolute atomic E-state index is 0.0480. The fourth-order valence-corrected chi connectivity index (χ4v) is 0.946. The van der Waals surface area contributed by atoms with E-state index in [0.717, 1.165) is 32.1 Å². The molecule has 0 radical (unpaired) electrons. The average Bonchev–Trinajstić information content (AvgIpc) is 2.05. The van der Waals surface area contributed by atoms with E-state index in [1.807, 2.05) is 16.0 Å². The van der Waals surface area contributed by atoms with E-state index in [-0.39, 0.29) is 6.04 Å². The van der Waals surface area contributed by atoms with Crippen LogP contribution in [0, 0.1) is 0 Å². The van der Waals surface area contributed by atoms with Gasteiger partial charge in [0.05, 0.1) is 6.04 Å². The van der Waals surface area contributed by atoms with Gasteiger partial charge < -0.3 is 15.3 Å².